The molecule has 120 valence electrons. The lowest BCUT2D eigenvalue weighted by Crippen LogP contribution is -2.38. The maximum Gasteiger partial charge on any atom is 0.312 e. The van der Waals surface area contributed by atoms with Crippen molar-refractivity contribution in [1.29, 1.82) is 0 Å². The second kappa shape index (κ2) is 6.26. The van der Waals surface area contributed by atoms with Crippen LogP contribution in [0.4, 0.5) is 4.79 Å². The van der Waals surface area contributed by atoms with Gasteiger partial charge in [0.15, 0.2) is 0 Å². The zero-order valence-corrected chi connectivity index (χ0v) is 13.2. The van der Waals surface area contributed by atoms with Gasteiger partial charge in [-0.2, -0.15) is 0 Å². The summed E-state index contributed by atoms with van der Waals surface area (Å²) in [5.74, 6) is 1.05. The van der Waals surface area contributed by atoms with Crippen LogP contribution in [0.25, 0.3) is 0 Å². The van der Waals surface area contributed by atoms with Crippen molar-refractivity contribution in [3.05, 3.63) is 22.4 Å². The normalized spacial score (nSPS) is 28.4. The standard InChI is InChI=1S/C15H22N4O2S/c16-11-4-3-9-7-19(8-10(9)11)14(20)6-12(18-15(17)21)13-2-1-5-22-13/h1-2,5,9-12H,3-4,6-8,16H2,(H3,17,18,21). The number of amides is 3. The first-order chi connectivity index (χ1) is 10.5. The van der Waals surface area contributed by atoms with E-state index in [-0.39, 0.29) is 24.4 Å². The van der Waals surface area contributed by atoms with Crippen molar-refractivity contribution >= 4 is 23.3 Å². The Morgan fingerprint density at radius 1 is 1.41 bits per heavy atom. The van der Waals surface area contributed by atoms with E-state index in [1.807, 2.05) is 22.4 Å². The van der Waals surface area contributed by atoms with Crippen molar-refractivity contribution in [2.75, 3.05) is 13.1 Å². The molecule has 1 saturated heterocycles. The third kappa shape index (κ3) is 3.10. The minimum Gasteiger partial charge on any atom is -0.352 e. The average Bonchev–Trinajstić information content (AvgIpc) is 3.16. The molecule has 1 aliphatic carbocycles. The molecule has 4 atom stereocenters. The van der Waals surface area contributed by atoms with Gasteiger partial charge in [-0.15, -0.1) is 11.3 Å². The number of nitrogens with one attached hydrogen (secondary N) is 1. The van der Waals surface area contributed by atoms with Crippen LogP contribution in [0.5, 0.6) is 0 Å². The van der Waals surface area contributed by atoms with Crippen LogP contribution in [0.2, 0.25) is 0 Å². The molecule has 0 bridgehead atoms. The van der Waals surface area contributed by atoms with Gasteiger partial charge in [0.25, 0.3) is 0 Å². The first-order valence-corrected chi connectivity index (χ1v) is 8.55. The Hall–Kier alpha value is -1.60. The fourth-order valence-corrected chi connectivity index (χ4v) is 4.48. The highest BCUT2D eigenvalue weighted by Gasteiger charge is 2.42. The summed E-state index contributed by atoms with van der Waals surface area (Å²) in [4.78, 5) is 26.6. The lowest BCUT2D eigenvalue weighted by Gasteiger charge is -2.22. The zero-order valence-electron chi connectivity index (χ0n) is 12.4. The Bertz CT molecular complexity index is 548. The fraction of sp³-hybridized carbons (Fsp3) is 0.600. The number of nitrogens with two attached hydrogens (primary N) is 2. The second-order valence-corrected chi connectivity index (χ2v) is 7.22. The molecule has 0 radical (unpaired) electrons. The van der Waals surface area contributed by atoms with Crippen LogP contribution in [0.1, 0.15) is 30.2 Å². The number of likely N-dealkylation sites (tertiary alicyclic amines) is 1. The predicted octanol–water partition coefficient (Wildman–Crippen LogP) is 1.04. The molecule has 3 rings (SSSR count). The number of fused-ring (bicyclic) bond motifs is 1. The maximum absolute atomic E-state index is 12.6. The van der Waals surface area contributed by atoms with Crippen molar-refractivity contribution in [3.63, 3.8) is 0 Å². The Morgan fingerprint density at radius 2 is 2.23 bits per heavy atom. The van der Waals surface area contributed by atoms with E-state index in [9.17, 15) is 9.59 Å². The third-order valence-electron chi connectivity index (χ3n) is 4.85. The van der Waals surface area contributed by atoms with Gasteiger partial charge in [-0.3, -0.25) is 4.79 Å². The fourth-order valence-electron chi connectivity index (χ4n) is 3.70. The summed E-state index contributed by atoms with van der Waals surface area (Å²) in [6.45, 7) is 1.54. The average molecular weight is 322 g/mol. The van der Waals surface area contributed by atoms with Gasteiger partial charge in [-0.25, -0.2) is 4.79 Å². The van der Waals surface area contributed by atoms with Crippen molar-refractivity contribution < 1.29 is 9.59 Å². The number of rotatable bonds is 4. The SMILES string of the molecule is NC(=O)NC(CC(=O)N1CC2CCC(N)C2C1)c1cccs1. The topological polar surface area (TPSA) is 101 Å². The first-order valence-electron chi connectivity index (χ1n) is 7.67. The highest BCUT2D eigenvalue weighted by atomic mass is 32.1. The molecule has 2 heterocycles. The highest BCUT2D eigenvalue weighted by molar-refractivity contribution is 7.10. The molecule has 1 saturated carbocycles. The Kier molecular flexibility index (Phi) is 4.35. The number of carbonyl (C=O) groups excluding carboxylic acids is 2. The second-order valence-electron chi connectivity index (χ2n) is 6.24. The lowest BCUT2D eigenvalue weighted by atomic mass is 9.98. The van der Waals surface area contributed by atoms with Gasteiger partial charge in [0, 0.05) is 24.0 Å². The summed E-state index contributed by atoms with van der Waals surface area (Å²) >= 11 is 1.51. The quantitative estimate of drug-likeness (QED) is 0.772. The van der Waals surface area contributed by atoms with Gasteiger partial charge >= 0.3 is 6.03 Å². The minimum atomic E-state index is -0.605. The zero-order chi connectivity index (χ0) is 15.7. The summed E-state index contributed by atoms with van der Waals surface area (Å²) in [5, 5.41) is 4.60. The molecule has 5 N–H and O–H groups in total. The van der Waals surface area contributed by atoms with E-state index < -0.39 is 6.03 Å². The van der Waals surface area contributed by atoms with Crippen molar-refractivity contribution in [1.82, 2.24) is 10.2 Å². The van der Waals surface area contributed by atoms with Gasteiger partial charge in [0.1, 0.15) is 0 Å². The molecule has 3 amide bonds. The summed E-state index contributed by atoms with van der Waals surface area (Å²) in [6, 6.07) is 3.08. The molecule has 2 aliphatic rings. The lowest BCUT2D eigenvalue weighted by molar-refractivity contribution is -0.131. The molecule has 0 spiro atoms. The monoisotopic (exact) mass is 322 g/mol. The molecule has 7 heteroatoms. The van der Waals surface area contributed by atoms with Crippen LogP contribution in [0, 0.1) is 11.8 Å². The van der Waals surface area contributed by atoms with Crippen molar-refractivity contribution in [3.8, 4) is 0 Å². The van der Waals surface area contributed by atoms with Gasteiger partial charge < -0.3 is 21.7 Å². The van der Waals surface area contributed by atoms with Crippen LogP contribution in [-0.2, 0) is 4.79 Å². The summed E-state index contributed by atoms with van der Waals surface area (Å²) in [6.07, 6.45) is 2.43. The van der Waals surface area contributed by atoms with Gasteiger partial charge in [-0.05, 0) is 36.1 Å². The summed E-state index contributed by atoms with van der Waals surface area (Å²) in [7, 11) is 0. The molecule has 1 aromatic rings. The number of nitrogens with zero attached hydrogens (tertiary/aromatic N) is 1. The molecule has 0 aromatic carbocycles. The first kappa shape index (κ1) is 15.3. The number of primary amides is 1. The van der Waals surface area contributed by atoms with Gasteiger partial charge in [-0.1, -0.05) is 6.07 Å². The molecule has 4 unspecified atom stereocenters. The molecule has 1 aliphatic heterocycles. The van der Waals surface area contributed by atoms with Crippen molar-refractivity contribution in [2.24, 2.45) is 23.3 Å². The Labute approximate surface area is 133 Å². The highest BCUT2D eigenvalue weighted by Crippen LogP contribution is 2.37. The van der Waals surface area contributed by atoms with E-state index in [1.54, 1.807) is 0 Å². The number of hydrogen-bond acceptors (Lipinski definition) is 4. The van der Waals surface area contributed by atoms with E-state index >= 15 is 0 Å². The molecular weight excluding hydrogens is 300 g/mol. The van der Waals surface area contributed by atoms with Crippen LogP contribution in [-0.4, -0.2) is 36.0 Å². The van der Waals surface area contributed by atoms with Crippen LogP contribution in [0.15, 0.2) is 17.5 Å². The number of carbonyl (C=O) groups is 2. The van der Waals surface area contributed by atoms with E-state index in [4.69, 9.17) is 11.5 Å². The summed E-state index contributed by atoms with van der Waals surface area (Å²) < 4.78 is 0. The maximum atomic E-state index is 12.6. The molecule has 22 heavy (non-hydrogen) atoms. The van der Waals surface area contributed by atoms with Gasteiger partial charge in [0.05, 0.1) is 12.5 Å². The predicted molar refractivity (Wildman–Crippen MR) is 85.2 cm³/mol. The van der Waals surface area contributed by atoms with Gasteiger partial charge in [0.2, 0.25) is 5.91 Å². The summed E-state index contributed by atoms with van der Waals surface area (Å²) in [5.41, 5.74) is 11.4. The number of urea groups is 1. The molecule has 1 aromatic heterocycles. The minimum absolute atomic E-state index is 0.0637. The molecular formula is C15H22N4O2S. The Morgan fingerprint density at radius 3 is 2.86 bits per heavy atom. The van der Waals surface area contributed by atoms with E-state index in [0.717, 1.165) is 30.8 Å². The van der Waals surface area contributed by atoms with Crippen LogP contribution < -0.4 is 16.8 Å². The van der Waals surface area contributed by atoms with E-state index in [2.05, 4.69) is 5.32 Å². The molecule has 6 nitrogen and oxygen atoms in total. The number of hydrogen-bond donors (Lipinski definition) is 3. The van der Waals surface area contributed by atoms with Crippen LogP contribution in [0.3, 0.4) is 0 Å². The van der Waals surface area contributed by atoms with E-state index in [1.165, 1.54) is 11.3 Å². The van der Waals surface area contributed by atoms with Crippen molar-refractivity contribution in [2.45, 2.75) is 31.3 Å². The Balaban J connectivity index is 1.63. The molecule has 2 fully saturated rings. The van der Waals surface area contributed by atoms with E-state index in [0.29, 0.717) is 11.8 Å². The smallest absolute Gasteiger partial charge is 0.312 e. The van der Waals surface area contributed by atoms with Crippen LogP contribution >= 0.6 is 11.3 Å². The largest absolute Gasteiger partial charge is 0.352 e. The number of thiophene rings is 1. The third-order valence-corrected chi connectivity index (χ3v) is 5.83.